The van der Waals surface area contributed by atoms with Gasteiger partial charge in [0.15, 0.2) is 6.23 Å². The topological polar surface area (TPSA) is 122 Å². The number of allylic oxidation sites excluding steroid dienone is 1. The van der Waals surface area contributed by atoms with Gasteiger partial charge in [-0.05, 0) is 57.6 Å². The molecule has 10 nitrogen and oxygen atoms in total. The van der Waals surface area contributed by atoms with Crippen LogP contribution in [0.2, 0.25) is 0 Å². The fourth-order valence-electron chi connectivity index (χ4n) is 8.44. The Bertz CT molecular complexity index is 2560. The second-order valence-electron chi connectivity index (χ2n) is 15.3. The maximum Gasteiger partial charge on any atom is 0.273 e. The van der Waals surface area contributed by atoms with Crippen LogP contribution in [0, 0.1) is 0 Å². The van der Waals surface area contributed by atoms with Gasteiger partial charge in [-0.3, -0.25) is 4.79 Å². The number of hydrogen-bond acceptors (Lipinski definition) is 9. The highest BCUT2D eigenvalue weighted by Crippen LogP contribution is 2.47. The fourth-order valence-corrected chi connectivity index (χ4v) is 8.44. The van der Waals surface area contributed by atoms with E-state index in [2.05, 4.69) is 4.98 Å². The zero-order chi connectivity index (χ0) is 43.8. The summed E-state index contributed by atoms with van der Waals surface area (Å²) in [5.41, 5.74) is 1.94. The smallest absolute Gasteiger partial charge is 0.273 e. The van der Waals surface area contributed by atoms with Gasteiger partial charge in [-0.25, -0.2) is 0 Å². The quantitative estimate of drug-likeness (QED) is 0.0725. The molecule has 1 fully saturated rings. The van der Waals surface area contributed by atoms with E-state index in [1.54, 1.807) is 25.7 Å². The Morgan fingerprint density at radius 2 is 1.08 bits per heavy atom. The summed E-state index contributed by atoms with van der Waals surface area (Å²) in [7, 11) is 3.25. The van der Waals surface area contributed by atoms with Crippen molar-refractivity contribution in [2.45, 2.75) is 49.1 Å². The molecule has 0 radical (unpaired) electrons. The summed E-state index contributed by atoms with van der Waals surface area (Å²) in [5, 5.41) is 23.5. The molecule has 7 aromatic rings. The fraction of sp³-hybridized carbons (Fsp3) is 0.208. The number of aliphatic hydroxyl groups excluding tert-OH is 2. The van der Waals surface area contributed by atoms with Crippen molar-refractivity contribution in [1.29, 1.82) is 0 Å². The second kappa shape index (κ2) is 19.1. The lowest BCUT2D eigenvalue weighted by Gasteiger charge is -2.41. The van der Waals surface area contributed by atoms with Crippen LogP contribution < -0.4 is 15.0 Å². The number of benzene rings is 6. The lowest BCUT2D eigenvalue weighted by molar-refractivity contribution is -0.131. The van der Waals surface area contributed by atoms with Gasteiger partial charge in [-0.2, -0.15) is 4.98 Å². The van der Waals surface area contributed by atoms with Crippen molar-refractivity contribution in [3.63, 3.8) is 0 Å². The van der Waals surface area contributed by atoms with Gasteiger partial charge in [-0.1, -0.05) is 153 Å². The van der Waals surface area contributed by atoms with E-state index in [9.17, 15) is 15.0 Å². The molecule has 0 saturated carbocycles. The summed E-state index contributed by atoms with van der Waals surface area (Å²) in [6.45, 7) is 1.70. The highest BCUT2D eigenvalue weighted by molar-refractivity contribution is 5.51. The molecule has 1 aliphatic heterocycles. The summed E-state index contributed by atoms with van der Waals surface area (Å²) in [5.74, 6) is 1.48. The third-order valence-corrected chi connectivity index (χ3v) is 11.6. The molecule has 2 heterocycles. The Morgan fingerprint density at radius 3 is 1.52 bits per heavy atom. The monoisotopic (exact) mass is 842 g/mol. The highest BCUT2D eigenvalue weighted by atomic mass is 16.6. The van der Waals surface area contributed by atoms with Crippen LogP contribution in [0.4, 0.5) is 0 Å². The highest BCUT2D eigenvalue weighted by Gasteiger charge is 2.52. The Balaban J connectivity index is 1.32. The minimum Gasteiger partial charge on any atom is -0.512 e. The molecular weight excluding hydrogens is 793 g/mol. The molecule has 1 aliphatic rings. The third kappa shape index (κ3) is 8.54. The van der Waals surface area contributed by atoms with Gasteiger partial charge in [-0.15, -0.1) is 0 Å². The first-order valence-electron chi connectivity index (χ1n) is 21.0. The summed E-state index contributed by atoms with van der Waals surface area (Å²) in [6.07, 6.45) is -1.33. The van der Waals surface area contributed by atoms with Gasteiger partial charge in [0.2, 0.25) is 0 Å². The van der Waals surface area contributed by atoms with Gasteiger partial charge in [0, 0.05) is 24.8 Å². The van der Waals surface area contributed by atoms with E-state index in [1.165, 1.54) is 18.3 Å². The first-order valence-corrected chi connectivity index (χ1v) is 21.0. The molecule has 0 unspecified atom stereocenters. The third-order valence-electron chi connectivity index (χ3n) is 11.6. The number of nitrogens with zero attached hydrogens (tertiary/aromatic N) is 2. The number of ether oxygens (including phenoxy) is 5. The minimum atomic E-state index is -1.37. The minimum absolute atomic E-state index is 0.00342. The molecule has 4 atom stereocenters. The molecule has 1 saturated heterocycles. The lowest BCUT2D eigenvalue weighted by Crippen LogP contribution is -2.46. The molecule has 6 aromatic carbocycles. The standard InChI is InChI=1S/C53H50N2O8/c1-4-43(56)35-47-54-48(57)33-34-55(47)51-49(58)50(63-53(39-21-13-7-14-22-39,40-23-15-8-16-24-40)42-27-31-45(60-3)32-28-42)46(62-51)36-61-52(37-17-9-5-10-18-37,38-19-11-6-12-20-38)41-25-29-44(59-2)30-26-41/h5-35,46,49-51,56,58H,4,36H2,1-3H3/b43-35+/t46-,49+,50-,51-/m1/s1. The molecular formula is C53H50N2O8. The van der Waals surface area contributed by atoms with Crippen LogP contribution in [0.3, 0.4) is 0 Å². The summed E-state index contributed by atoms with van der Waals surface area (Å²) in [6, 6.07) is 56.5. The van der Waals surface area contributed by atoms with Crippen LogP contribution >= 0.6 is 0 Å². The molecule has 63 heavy (non-hydrogen) atoms. The van der Waals surface area contributed by atoms with E-state index < -0.39 is 41.3 Å². The van der Waals surface area contributed by atoms with Gasteiger partial charge >= 0.3 is 0 Å². The van der Waals surface area contributed by atoms with E-state index in [1.807, 2.05) is 170 Å². The van der Waals surface area contributed by atoms with Crippen molar-refractivity contribution in [2.24, 2.45) is 0 Å². The van der Waals surface area contributed by atoms with Gasteiger partial charge in [0.05, 0.1) is 26.6 Å². The van der Waals surface area contributed by atoms with E-state index in [0.29, 0.717) is 17.9 Å². The van der Waals surface area contributed by atoms with Crippen molar-refractivity contribution < 1.29 is 33.9 Å². The van der Waals surface area contributed by atoms with Crippen molar-refractivity contribution in [3.05, 3.63) is 237 Å². The second-order valence-corrected chi connectivity index (χ2v) is 15.3. The number of aromatic nitrogens is 2. The Kier molecular flexibility index (Phi) is 13.0. The summed E-state index contributed by atoms with van der Waals surface area (Å²) >= 11 is 0. The molecule has 0 aliphatic carbocycles. The number of methoxy groups -OCH3 is 2. The molecule has 0 bridgehead atoms. The van der Waals surface area contributed by atoms with E-state index in [0.717, 1.165) is 33.4 Å². The first-order chi connectivity index (χ1) is 30.8. The predicted octanol–water partition coefficient (Wildman–Crippen LogP) is 9.21. The first kappa shape index (κ1) is 42.9. The average molecular weight is 843 g/mol. The maximum atomic E-state index is 12.8. The van der Waals surface area contributed by atoms with Gasteiger partial charge in [0.1, 0.15) is 46.8 Å². The maximum absolute atomic E-state index is 12.8. The van der Waals surface area contributed by atoms with Crippen LogP contribution in [0.1, 0.15) is 58.8 Å². The van der Waals surface area contributed by atoms with Crippen LogP contribution in [0.25, 0.3) is 6.08 Å². The number of hydrogen-bond donors (Lipinski definition) is 2. The number of aliphatic hydroxyl groups is 2. The molecule has 2 N–H and O–H groups in total. The zero-order valence-electron chi connectivity index (χ0n) is 35.4. The number of rotatable bonds is 16. The molecule has 0 spiro atoms. The average Bonchev–Trinajstić information content (AvgIpc) is 3.65. The largest absolute Gasteiger partial charge is 0.512 e. The Hall–Kier alpha value is -6.82. The molecule has 0 amide bonds. The van der Waals surface area contributed by atoms with E-state index in [-0.39, 0.29) is 18.2 Å². The van der Waals surface area contributed by atoms with Crippen molar-refractivity contribution >= 4 is 6.08 Å². The molecule has 8 rings (SSSR count). The Labute approximate surface area is 367 Å². The van der Waals surface area contributed by atoms with Crippen molar-refractivity contribution in [2.75, 3.05) is 20.8 Å². The van der Waals surface area contributed by atoms with Crippen LogP contribution in [0.5, 0.6) is 11.5 Å². The van der Waals surface area contributed by atoms with Crippen LogP contribution in [-0.2, 0) is 25.4 Å². The SMILES string of the molecule is CC/C(O)=C\c1nc(=O)ccn1[C@@H]1O[C@H](COC(c2ccccc2)(c2ccccc2)c2ccc(OC)cc2)[C@@H](OC(c2ccccc2)(c2ccccc2)c2ccc(OC)cc2)[C@@H]1O. The summed E-state index contributed by atoms with van der Waals surface area (Å²) in [4.78, 5) is 16.9. The van der Waals surface area contributed by atoms with Crippen molar-refractivity contribution in [1.82, 2.24) is 9.55 Å². The zero-order valence-corrected chi connectivity index (χ0v) is 35.4. The van der Waals surface area contributed by atoms with Gasteiger partial charge in [0.25, 0.3) is 5.56 Å². The van der Waals surface area contributed by atoms with E-state index in [4.69, 9.17) is 23.7 Å². The normalized spacial score (nSPS) is 17.9. The van der Waals surface area contributed by atoms with Crippen LogP contribution in [0.15, 0.2) is 193 Å². The van der Waals surface area contributed by atoms with E-state index >= 15 is 0 Å². The van der Waals surface area contributed by atoms with Gasteiger partial charge < -0.3 is 38.5 Å². The van der Waals surface area contributed by atoms with Crippen LogP contribution in [-0.4, -0.2) is 58.9 Å². The Morgan fingerprint density at radius 1 is 0.651 bits per heavy atom. The molecule has 320 valence electrons. The summed E-state index contributed by atoms with van der Waals surface area (Å²) < 4.78 is 34.7. The molecule has 1 aromatic heterocycles. The molecule has 10 heteroatoms. The lowest BCUT2D eigenvalue weighted by atomic mass is 9.79. The van der Waals surface area contributed by atoms with Crippen molar-refractivity contribution in [3.8, 4) is 11.5 Å². The predicted molar refractivity (Wildman–Crippen MR) is 242 cm³/mol.